The third-order valence-electron chi connectivity index (χ3n) is 2.15. The summed E-state index contributed by atoms with van der Waals surface area (Å²) in [5.74, 6) is 5.97. The molecule has 0 fully saturated rings. The average molecular weight is 222 g/mol. The number of thiol groups is 1. The van der Waals surface area contributed by atoms with Gasteiger partial charge in [0.05, 0.1) is 0 Å². The Hall–Kier alpha value is -1.23. The van der Waals surface area contributed by atoms with Crippen LogP contribution in [0.4, 0.5) is 0 Å². The zero-order valence-electron chi connectivity index (χ0n) is 8.36. The van der Waals surface area contributed by atoms with Gasteiger partial charge in [-0.25, -0.2) is 0 Å². The minimum Gasteiger partial charge on any atom is -0.429 e. The van der Waals surface area contributed by atoms with E-state index in [-0.39, 0.29) is 0 Å². The van der Waals surface area contributed by atoms with Gasteiger partial charge in [-0.15, -0.1) is 0 Å². The van der Waals surface area contributed by atoms with Gasteiger partial charge in [-0.1, -0.05) is 31.4 Å². The van der Waals surface area contributed by atoms with Gasteiger partial charge in [-0.3, -0.25) is 11.3 Å². The van der Waals surface area contributed by atoms with Gasteiger partial charge in [0.2, 0.25) is 0 Å². The Morgan fingerprint density at radius 1 is 1.40 bits per heavy atom. The summed E-state index contributed by atoms with van der Waals surface area (Å²) < 4.78 is 4.96. The first kappa shape index (κ1) is 11.8. The second-order valence-corrected chi connectivity index (χ2v) is 3.11. The van der Waals surface area contributed by atoms with Crippen LogP contribution in [-0.2, 0) is 6.54 Å². The summed E-state index contributed by atoms with van der Waals surface area (Å²) >= 11 is 3.79. The Morgan fingerprint density at radius 3 is 2.60 bits per heavy atom. The van der Waals surface area contributed by atoms with Gasteiger partial charge in [-0.2, -0.15) is 0 Å². The quantitative estimate of drug-likeness (QED) is 0.310. The van der Waals surface area contributed by atoms with E-state index in [2.05, 4.69) is 31.5 Å². The van der Waals surface area contributed by atoms with Crippen LogP contribution in [0, 0.1) is 0 Å². The van der Waals surface area contributed by atoms with Gasteiger partial charge in [0, 0.05) is 25.0 Å². The molecule has 1 aromatic carbocycles. The molecule has 0 aliphatic heterocycles. The molecule has 3 nitrogen and oxygen atoms in total. The first-order valence-corrected chi connectivity index (χ1v) is 4.80. The van der Waals surface area contributed by atoms with Crippen molar-refractivity contribution in [1.29, 1.82) is 0 Å². The zero-order valence-corrected chi connectivity index (χ0v) is 9.26. The van der Waals surface area contributed by atoms with Crippen molar-refractivity contribution >= 4 is 25.1 Å². The van der Waals surface area contributed by atoms with Gasteiger partial charge in [0.15, 0.2) is 0 Å². The molecule has 0 bridgehead atoms. The molecule has 0 amide bonds. The van der Waals surface area contributed by atoms with E-state index in [1.165, 1.54) is 0 Å². The molecule has 0 aliphatic rings. The van der Waals surface area contributed by atoms with Crippen molar-refractivity contribution in [3.05, 3.63) is 42.0 Å². The van der Waals surface area contributed by atoms with Crippen LogP contribution in [0.3, 0.4) is 0 Å². The van der Waals surface area contributed by atoms with Crippen molar-refractivity contribution in [2.45, 2.75) is 6.54 Å². The molecule has 0 spiro atoms. The van der Waals surface area contributed by atoms with Gasteiger partial charge < -0.3 is 4.18 Å². The lowest BCUT2D eigenvalue weighted by Crippen LogP contribution is -2.21. The molecule has 80 valence electrons. The fourth-order valence-corrected chi connectivity index (χ4v) is 1.62. The Morgan fingerprint density at radius 2 is 2.13 bits per heavy atom. The first-order valence-electron chi connectivity index (χ1n) is 4.44. The van der Waals surface area contributed by atoms with Crippen LogP contribution in [0.1, 0.15) is 16.7 Å². The Kier molecular flexibility index (Phi) is 4.42. The topological polar surface area (TPSA) is 47.3 Å². The van der Waals surface area contributed by atoms with Crippen LogP contribution in [0.5, 0.6) is 5.75 Å². The van der Waals surface area contributed by atoms with Crippen LogP contribution < -0.4 is 15.5 Å². The summed E-state index contributed by atoms with van der Waals surface area (Å²) in [6, 6.07) is 3.72. The molecular formula is C11H14N2OS. The molecule has 0 aromatic heterocycles. The number of nitrogens with one attached hydrogen (secondary N) is 1. The molecule has 0 saturated heterocycles. The van der Waals surface area contributed by atoms with Crippen molar-refractivity contribution < 1.29 is 4.18 Å². The number of benzene rings is 1. The molecule has 0 unspecified atom stereocenters. The van der Waals surface area contributed by atoms with Gasteiger partial charge in [0.1, 0.15) is 5.75 Å². The van der Waals surface area contributed by atoms with Crippen molar-refractivity contribution in [3.63, 3.8) is 0 Å². The SMILES string of the molecule is C=Cc1ccc(OS)c(CNN)c1C=C. The average Bonchev–Trinajstić information content (AvgIpc) is 2.28. The van der Waals surface area contributed by atoms with Crippen molar-refractivity contribution in [2.24, 2.45) is 5.84 Å². The summed E-state index contributed by atoms with van der Waals surface area (Å²) in [6.45, 7) is 7.98. The summed E-state index contributed by atoms with van der Waals surface area (Å²) in [7, 11) is 0. The van der Waals surface area contributed by atoms with Crippen LogP contribution >= 0.6 is 12.9 Å². The molecule has 0 atom stereocenters. The number of hydrazine groups is 1. The molecule has 3 N–H and O–H groups in total. The predicted octanol–water partition coefficient (Wildman–Crippen LogP) is 2.16. The molecule has 4 heteroatoms. The molecule has 1 rings (SSSR count). The van der Waals surface area contributed by atoms with Gasteiger partial charge in [0.25, 0.3) is 0 Å². The lowest BCUT2D eigenvalue weighted by Gasteiger charge is -2.12. The highest BCUT2D eigenvalue weighted by molar-refractivity contribution is 7.75. The predicted molar refractivity (Wildman–Crippen MR) is 67.3 cm³/mol. The smallest absolute Gasteiger partial charge is 0.142 e. The Bertz CT molecular complexity index is 377. The number of rotatable bonds is 5. The lowest BCUT2D eigenvalue weighted by atomic mass is 10.00. The number of nitrogens with two attached hydrogens (primary N) is 1. The van der Waals surface area contributed by atoms with E-state index in [1.54, 1.807) is 12.2 Å². The molecule has 0 heterocycles. The van der Waals surface area contributed by atoms with E-state index in [0.717, 1.165) is 16.7 Å². The first-order chi connectivity index (χ1) is 7.28. The zero-order chi connectivity index (χ0) is 11.3. The molecule has 15 heavy (non-hydrogen) atoms. The minimum absolute atomic E-state index is 0.485. The Labute approximate surface area is 95.2 Å². The van der Waals surface area contributed by atoms with Crippen LogP contribution in [0.2, 0.25) is 0 Å². The highest BCUT2D eigenvalue weighted by Gasteiger charge is 2.09. The second kappa shape index (κ2) is 5.60. The maximum atomic E-state index is 5.31. The van der Waals surface area contributed by atoms with Gasteiger partial charge >= 0.3 is 0 Å². The molecule has 0 aliphatic carbocycles. The third kappa shape index (κ3) is 2.41. The van der Waals surface area contributed by atoms with Crippen molar-refractivity contribution in [1.82, 2.24) is 5.43 Å². The molecule has 0 saturated carbocycles. The highest BCUT2D eigenvalue weighted by Crippen LogP contribution is 2.28. The summed E-state index contributed by atoms with van der Waals surface area (Å²) in [4.78, 5) is 0. The minimum atomic E-state index is 0.485. The fourth-order valence-electron chi connectivity index (χ4n) is 1.45. The third-order valence-corrected chi connectivity index (χ3v) is 2.35. The van der Waals surface area contributed by atoms with Crippen LogP contribution in [0.15, 0.2) is 25.3 Å². The molecular weight excluding hydrogens is 208 g/mol. The van der Waals surface area contributed by atoms with E-state index in [0.29, 0.717) is 12.3 Å². The number of hydrogen-bond donors (Lipinski definition) is 3. The number of hydrogen-bond acceptors (Lipinski definition) is 4. The molecule has 1 aromatic rings. The maximum absolute atomic E-state index is 5.31. The summed E-state index contributed by atoms with van der Waals surface area (Å²) in [6.07, 6.45) is 3.51. The second-order valence-electron chi connectivity index (χ2n) is 2.93. The van der Waals surface area contributed by atoms with Crippen molar-refractivity contribution in [2.75, 3.05) is 0 Å². The normalized spacial score (nSPS) is 9.73. The fraction of sp³-hybridized carbons (Fsp3) is 0.0909. The van der Waals surface area contributed by atoms with Crippen LogP contribution in [-0.4, -0.2) is 0 Å². The van der Waals surface area contributed by atoms with E-state index >= 15 is 0 Å². The van der Waals surface area contributed by atoms with E-state index < -0.39 is 0 Å². The van der Waals surface area contributed by atoms with Crippen LogP contribution in [0.25, 0.3) is 12.2 Å². The largest absolute Gasteiger partial charge is 0.429 e. The lowest BCUT2D eigenvalue weighted by molar-refractivity contribution is 0.629. The van der Waals surface area contributed by atoms with E-state index in [9.17, 15) is 0 Å². The van der Waals surface area contributed by atoms with E-state index in [1.807, 2.05) is 12.1 Å². The Balaban J connectivity index is 3.36. The van der Waals surface area contributed by atoms with Crippen molar-refractivity contribution in [3.8, 4) is 5.75 Å². The molecule has 0 radical (unpaired) electrons. The standard InChI is InChI=1S/C11H14N2OS/c1-3-8-5-6-11(14-15)10(7-13-12)9(8)4-2/h3-6,13,15H,1-2,7,12H2. The summed E-state index contributed by atoms with van der Waals surface area (Å²) in [5, 5.41) is 0. The maximum Gasteiger partial charge on any atom is 0.142 e. The van der Waals surface area contributed by atoms with Gasteiger partial charge in [-0.05, 0) is 17.2 Å². The summed E-state index contributed by atoms with van der Waals surface area (Å²) in [5.41, 5.74) is 5.45. The van der Waals surface area contributed by atoms with E-state index in [4.69, 9.17) is 10.0 Å². The monoisotopic (exact) mass is 222 g/mol. The highest BCUT2D eigenvalue weighted by atomic mass is 32.1.